The van der Waals surface area contributed by atoms with E-state index in [2.05, 4.69) is 46.4 Å². The number of rotatable bonds is 4. The van der Waals surface area contributed by atoms with E-state index in [0.29, 0.717) is 12.0 Å². The zero-order valence-corrected chi connectivity index (χ0v) is 11.1. The Kier molecular flexibility index (Phi) is 4.00. The van der Waals surface area contributed by atoms with Gasteiger partial charge in [-0.2, -0.15) is 0 Å². The summed E-state index contributed by atoms with van der Waals surface area (Å²) < 4.78 is 1.12. The standard InChI is InChI=1S/C13H18BrNO/c1-2-5-15-13-10(8-16)6-9-7-11(14)3-4-12(9)13/h3-4,7,10,13,15-16H,2,5-6,8H2,1H3. The lowest BCUT2D eigenvalue weighted by atomic mass is 10.0. The third-order valence-corrected chi connectivity index (χ3v) is 3.74. The van der Waals surface area contributed by atoms with Crippen molar-refractivity contribution in [2.75, 3.05) is 13.2 Å². The molecule has 0 amide bonds. The summed E-state index contributed by atoms with van der Waals surface area (Å²) in [6.07, 6.45) is 2.10. The summed E-state index contributed by atoms with van der Waals surface area (Å²) in [5.41, 5.74) is 2.72. The summed E-state index contributed by atoms with van der Waals surface area (Å²) in [6.45, 7) is 3.43. The van der Waals surface area contributed by atoms with Crippen LogP contribution < -0.4 is 5.32 Å². The van der Waals surface area contributed by atoms with E-state index in [9.17, 15) is 5.11 Å². The highest BCUT2D eigenvalue weighted by molar-refractivity contribution is 9.10. The Morgan fingerprint density at radius 2 is 2.31 bits per heavy atom. The SMILES string of the molecule is CCCNC1c2ccc(Br)cc2CC1CO. The topological polar surface area (TPSA) is 32.3 Å². The predicted molar refractivity (Wildman–Crippen MR) is 69.5 cm³/mol. The lowest BCUT2D eigenvalue weighted by Crippen LogP contribution is -2.27. The molecule has 0 saturated carbocycles. The van der Waals surface area contributed by atoms with Gasteiger partial charge < -0.3 is 10.4 Å². The van der Waals surface area contributed by atoms with Crippen LogP contribution >= 0.6 is 15.9 Å². The van der Waals surface area contributed by atoms with E-state index >= 15 is 0 Å². The van der Waals surface area contributed by atoms with Crippen molar-refractivity contribution in [2.45, 2.75) is 25.8 Å². The second-order valence-corrected chi connectivity index (χ2v) is 5.34. The molecule has 2 rings (SSSR count). The minimum absolute atomic E-state index is 0.258. The van der Waals surface area contributed by atoms with Crippen molar-refractivity contribution in [2.24, 2.45) is 5.92 Å². The molecule has 1 aromatic carbocycles. The van der Waals surface area contributed by atoms with Gasteiger partial charge in [-0.05, 0) is 42.6 Å². The zero-order chi connectivity index (χ0) is 11.5. The van der Waals surface area contributed by atoms with Crippen LogP contribution in [0, 0.1) is 5.92 Å². The molecule has 0 fully saturated rings. The second kappa shape index (κ2) is 5.30. The van der Waals surface area contributed by atoms with E-state index in [1.807, 2.05) is 0 Å². The van der Waals surface area contributed by atoms with Crippen LogP contribution in [0.5, 0.6) is 0 Å². The highest BCUT2D eigenvalue weighted by atomic mass is 79.9. The van der Waals surface area contributed by atoms with Gasteiger partial charge in [-0.1, -0.05) is 28.9 Å². The second-order valence-electron chi connectivity index (χ2n) is 4.42. The minimum atomic E-state index is 0.258. The molecule has 0 spiro atoms. The van der Waals surface area contributed by atoms with Crippen LogP contribution in [0.15, 0.2) is 22.7 Å². The Labute approximate surface area is 105 Å². The van der Waals surface area contributed by atoms with Crippen LogP contribution in [0.4, 0.5) is 0 Å². The molecule has 0 heterocycles. The normalized spacial score (nSPS) is 23.4. The van der Waals surface area contributed by atoms with E-state index in [-0.39, 0.29) is 6.61 Å². The lowest BCUT2D eigenvalue weighted by Gasteiger charge is -2.19. The average Bonchev–Trinajstić information content (AvgIpc) is 2.63. The van der Waals surface area contributed by atoms with Crippen molar-refractivity contribution in [3.63, 3.8) is 0 Å². The number of benzene rings is 1. The molecule has 0 bridgehead atoms. The van der Waals surface area contributed by atoms with Crippen molar-refractivity contribution in [1.29, 1.82) is 0 Å². The first kappa shape index (κ1) is 12.1. The Morgan fingerprint density at radius 1 is 1.50 bits per heavy atom. The van der Waals surface area contributed by atoms with Crippen LogP contribution in [0.1, 0.15) is 30.5 Å². The third kappa shape index (κ3) is 2.31. The van der Waals surface area contributed by atoms with Gasteiger partial charge in [0.25, 0.3) is 0 Å². The monoisotopic (exact) mass is 283 g/mol. The lowest BCUT2D eigenvalue weighted by molar-refractivity contribution is 0.200. The third-order valence-electron chi connectivity index (χ3n) is 3.24. The minimum Gasteiger partial charge on any atom is -0.396 e. The molecule has 0 radical (unpaired) electrons. The van der Waals surface area contributed by atoms with Crippen LogP contribution in [0.25, 0.3) is 0 Å². The molecule has 1 aliphatic rings. The summed E-state index contributed by atoms with van der Waals surface area (Å²) in [5, 5.41) is 13.0. The molecular formula is C13H18BrNO. The Hall–Kier alpha value is -0.380. The number of aliphatic hydroxyl groups is 1. The van der Waals surface area contributed by atoms with Crippen molar-refractivity contribution >= 4 is 15.9 Å². The molecule has 2 atom stereocenters. The van der Waals surface area contributed by atoms with Crippen LogP contribution in [0.2, 0.25) is 0 Å². The number of fused-ring (bicyclic) bond motifs is 1. The number of nitrogens with one attached hydrogen (secondary N) is 1. The smallest absolute Gasteiger partial charge is 0.0480 e. The Bertz CT molecular complexity index is 367. The first-order valence-electron chi connectivity index (χ1n) is 5.88. The molecule has 16 heavy (non-hydrogen) atoms. The Balaban J connectivity index is 2.22. The first-order chi connectivity index (χ1) is 7.76. The van der Waals surface area contributed by atoms with E-state index in [4.69, 9.17) is 0 Å². The number of halogens is 1. The maximum absolute atomic E-state index is 9.43. The summed E-state index contributed by atoms with van der Waals surface area (Å²) >= 11 is 3.50. The molecule has 1 aromatic rings. The van der Waals surface area contributed by atoms with Gasteiger partial charge in [-0.3, -0.25) is 0 Å². The van der Waals surface area contributed by atoms with Crippen molar-refractivity contribution in [3.05, 3.63) is 33.8 Å². The summed E-state index contributed by atoms with van der Waals surface area (Å²) in [5.74, 6) is 0.329. The van der Waals surface area contributed by atoms with Gasteiger partial charge in [0.05, 0.1) is 0 Å². The van der Waals surface area contributed by atoms with Crippen molar-refractivity contribution in [3.8, 4) is 0 Å². The van der Waals surface area contributed by atoms with Crippen molar-refractivity contribution < 1.29 is 5.11 Å². The molecule has 0 aliphatic heterocycles. The van der Waals surface area contributed by atoms with Gasteiger partial charge in [-0.25, -0.2) is 0 Å². The predicted octanol–water partition coefficient (Wildman–Crippen LogP) is 2.65. The molecule has 3 heteroatoms. The van der Waals surface area contributed by atoms with E-state index in [1.54, 1.807) is 0 Å². The van der Waals surface area contributed by atoms with Gasteiger partial charge in [0.2, 0.25) is 0 Å². The highest BCUT2D eigenvalue weighted by Crippen LogP contribution is 2.37. The molecule has 1 aliphatic carbocycles. The van der Waals surface area contributed by atoms with Crippen LogP contribution in [-0.4, -0.2) is 18.3 Å². The molecular weight excluding hydrogens is 266 g/mol. The summed E-state index contributed by atoms with van der Waals surface area (Å²) in [6, 6.07) is 6.75. The van der Waals surface area contributed by atoms with Gasteiger partial charge in [0.15, 0.2) is 0 Å². The number of hydrogen-bond donors (Lipinski definition) is 2. The maximum atomic E-state index is 9.43. The van der Waals surface area contributed by atoms with E-state index < -0.39 is 0 Å². The van der Waals surface area contributed by atoms with Gasteiger partial charge in [-0.15, -0.1) is 0 Å². The largest absolute Gasteiger partial charge is 0.396 e. The zero-order valence-electron chi connectivity index (χ0n) is 9.54. The first-order valence-corrected chi connectivity index (χ1v) is 6.68. The number of aliphatic hydroxyl groups excluding tert-OH is 1. The molecule has 0 saturated heterocycles. The van der Waals surface area contributed by atoms with Gasteiger partial charge in [0, 0.05) is 23.0 Å². The molecule has 0 aromatic heterocycles. The summed E-state index contributed by atoms with van der Waals surface area (Å²) in [7, 11) is 0. The highest BCUT2D eigenvalue weighted by Gasteiger charge is 2.31. The van der Waals surface area contributed by atoms with Crippen molar-refractivity contribution in [1.82, 2.24) is 5.32 Å². The van der Waals surface area contributed by atoms with E-state index in [0.717, 1.165) is 23.9 Å². The number of hydrogen-bond acceptors (Lipinski definition) is 2. The Morgan fingerprint density at radius 3 is 3.00 bits per heavy atom. The maximum Gasteiger partial charge on any atom is 0.0480 e. The van der Waals surface area contributed by atoms with Gasteiger partial charge in [0.1, 0.15) is 0 Å². The molecule has 2 nitrogen and oxygen atoms in total. The quantitative estimate of drug-likeness (QED) is 0.891. The van der Waals surface area contributed by atoms with Gasteiger partial charge >= 0.3 is 0 Å². The van der Waals surface area contributed by atoms with Crippen LogP contribution in [-0.2, 0) is 6.42 Å². The molecule has 2 N–H and O–H groups in total. The fraction of sp³-hybridized carbons (Fsp3) is 0.538. The summed E-state index contributed by atoms with van der Waals surface area (Å²) in [4.78, 5) is 0. The average molecular weight is 284 g/mol. The van der Waals surface area contributed by atoms with Crippen LogP contribution in [0.3, 0.4) is 0 Å². The fourth-order valence-electron chi connectivity index (χ4n) is 2.46. The molecule has 2 unspecified atom stereocenters. The van der Waals surface area contributed by atoms with E-state index in [1.165, 1.54) is 11.1 Å². The molecule has 88 valence electrons. The fourth-order valence-corrected chi connectivity index (χ4v) is 2.86.